The second-order valence-corrected chi connectivity index (χ2v) is 11.9. The molecule has 3 rings (SSSR count). The van der Waals surface area contributed by atoms with E-state index in [9.17, 15) is 14.4 Å². The molecule has 0 aliphatic carbocycles. The lowest BCUT2D eigenvalue weighted by atomic mass is 9.87. The number of amides is 2. The Bertz CT molecular complexity index is 1020. The predicted octanol–water partition coefficient (Wildman–Crippen LogP) is 2.86. The highest BCUT2D eigenvalue weighted by Gasteiger charge is 2.52. The van der Waals surface area contributed by atoms with Crippen molar-refractivity contribution in [3.8, 4) is 0 Å². The molecule has 0 radical (unpaired) electrons. The molecule has 0 aromatic carbocycles. The molecular weight excluding hydrogens is 526 g/mol. The second-order valence-electron chi connectivity index (χ2n) is 11.9. The minimum Gasteiger partial charge on any atom is -0.459 e. The number of nitrogens with two attached hydrogens (primary N) is 1. The van der Waals surface area contributed by atoms with Gasteiger partial charge in [0.1, 0.15) is 6.10 Å². The van der Waals surface area contributed by atoms with Crippen molar-refractivity contribution < 1.29 is 33.3 Å². The summed E-state index contributed by atoms with van der Waals surface area (Å²) in [6.07, 6.45) is 9.93. The summed E-state index contributed by atoms with van der Waals surface area (Å²) in [6.45, 7) is 12.9. The minimum absolute atomic E-state index is 0.0439. The number of carbonyl (C=O) groups excluding carboxylic acids is 3. The van der Waals surface area contributed by atoms with Gasteiger partial charge in [-0.15, -0.1) is 0 Å². The number of esters is 1. The normalized spacial score (nSPS) is 33.0. The number of carbonyl (C=O) groups is 3. The molecule has 2 amide bonds. The maximum atomic E-state index is 12.4. The van der Waals surface area contributed by atoms with Crippen LogP contribution in [0.25, 0.3) is 0 Å². The molecule has 0 bridgehead atoms. The molecule has 230 valence electrons. The van der Waals surface area contributed by atoms with Crippen molar-refractivity contribution in [3.05, 3.63) is 35.5 Å². The van der Waals surface area contributed by atoms with E-state index in [-0.39, 0.29) is 59.8 Å². The average Bonchev–Trinajstić information content (AvgIpc) is 3.64. The van der Waals surface area contributed by atoms with E-state index >= 15 is 0 Å². The molecule has 8 unspecified atom stereocenters. The highest BCUT2D eigenvalue weighted by Crippen LogP contribution is 2.44. The Morgan fingerprint density at radius 3 is 2.54 bits per heavy atom. The summed E-state index contributed by atoms with van der Waals surface area (Å²) in [4.78, 5) is 35.7. The Labute approximate surface area is 244 Å². The molecule has 0 saturated carbocycles. The number of nitrogens with one attached hydrogen (secondary N) is 2. The first-order valence-corrected chi connectivity index (χ1v) is 14.8. The fourth-order valence-corrected chi connectivity index (χ4v) is 5.66. The molecule has 4 N–H and O–H groups in total. The molecule has 10 nitrogen and oxygen atoms in total. The summed E-state index contributed by atoms with van der Waals surface area (Å²) in [6, 6.07) is -0.0969. The monoisotopic (exact) mass is 575 g/mol. The van der Waals surface area contributed by atoms with Crippen LogP contribution >= 0.6 is 0 Å². The standard InChI is InChI=1S/C31H49N3O7/c1-19(13-20(2)28-17-31(18-38-31)16-25(41-28)15-30(37)33-12-11-32)7-9-27-21(3)14-26(23(5)40-27)34-29(36)10-8-22(4)39-24(6)35/h7-8,10,13,21-23,25-28H,9,11-12,14-18,32H2,1-6H3,(H,33,37)(H,34,36). The van der Waals surface area contributed by atoms with Gasteiger partial charge >= 0.3 is 5.97 Å². The maximum Gasteiger partial charge on any atom is 0.303 e. The first-order valence-electron chi connectivity index (χ1n) is 14.8. The van der Waals surface area contributed by atoms with Gasteiger partial charge in [-0.1, -0.05) is 24.6 Å². The molecule has 3 aliphatic rings. The molecule has 3 heterocycles. The minimum atomic E-state index is -0.462. The van der Waals surface area contributed by atoms with Gasteiger partial charge in [0, 0.05) is 38.9 Å². The number of rotatable bonds is 12. The Morgan fingerprint density at radius 1 is 1.15 bits per heavy atom. The van der Waals surface area contributed by atoms with Gasteiger partial charge in [-0.2, -0.15) is 0 Å². The molecule has 0 aromatic rings. The quantitative estimate of drug-likeness (QED) is 0.140. The van der Waals surface area contributed by atoms with Crippen LogP contribution in [0, 0.1) is 5.92 Å². The van der Waals surface area contributed by atoms with E-state index in [4.69, 9.17) is 24.7 Å². The molecule has 0 aromatic heterocycles. The highest BCUT2D eigenvalue weighted by molar-refractivity contribution is 5.87. The molecule has 10 heteroatoms. The first-order chi connectivity index (χ1) is 19.4. The van der Waals surface area contributed by atoms with Crippen LogP contribution in [0.4, 0.5) is 0 Å². The van der Waals surface area contributed by atoms with Crippen molar-refractivity contribution >= 4 is 17.8 Å². The smallest absolute Gasteiger partial charge is 0.303 e. The summed E-state index contributed by atoms with van der Waals surface area (Å²) in [5.41, 5.74) is 7.57. The van der Waals surface area contributed by atoms with Crippen LogP contribution in [0.3, 0.4) is 0 Å². The number of hydrogen-bond acceptors (Lipinski definition) is 8. The predicted molar refractivity (Wildman–Crippen MR) is 156 cm³/mol. The van der Waals surface area contributed by atoms with Crippen molar-refractivity contribution in [3.63, 3.8) is 0 Å². The van der Waals surface area contributed by atoms with Gasteiger partial charge in [0.05, 0.1) is 49.1 Å². The topological polar surface area (TPSA) is 142 Å². The Balaban J connectivity index is 1.51. The van der Waals surface area contributed by atoms with E-state index < -0.39 is 6.10 Å². The number of ether oxygens (including phenoxy) is 4. The van der Waals surface area contributed by atoms with Crippen molar-refractivity contribution in [2.24, 2.45) is 11.7 Å². The van der Waals surface area contributed by atoms with Crippen LogP contribution in [0.2, 0.25) is 0 Å². The van der Waals surface area contributed by atoms with Crippen LogP contribution in [-0.2, 0) is 33.3 Å². The maximum absolute atomic E-state index is 12.4. The zero-order chi connectivity index (χ0) is 30.2. The number of allylic oxidation sites excluding steroid dienone is 2. The van der Waals surface area contributed by atoms with E-state index in [1.165, 1.54) is 13.0 Å². The molecule has 8 atom stereocenters. The van der Waals surface area contributed by atoms with Crippen LogP contribution < -0.4 is 16.4 Å². The Morgan fingerprint density at radius 2 is 1.88 bits per heavy atom. The summed E-state index contributed by atoms with van der Waals surface area (Å²) >= 11 is 0. The van der Waals surface area contributed by atoms with Crippen LogP contribution in [-0.4, -0.2) is 79.6 Å². The van der Waals surface area contributed by atoms with Crippen molar-refractivity contribution in [2.75, 3.05) is 19.7 Å². The van der Waals surface area contributed by atoms with E-state index in [1.54, 1.807) is 13.0 Å². The van der Waals surface area contributed by atoms with Gasteiger partial charge in [-0.05, 0) is 58.1 Å². The highest BCUT2D eigenvalue weighted by atomic mass is 16.6. The third-order valence-electron chi connectivity index (χ3n) is 8.00. The fraction of sp³-hybridized carbons (Fsp3) is 0.710. The third kappa shape index (κ3) is 10.7. The van der Waals surface area contributed by atoms with Crippen LogP contribution in [0.15, 0.2) is 35.5 Å². The molecule has 3 saturated heterocycles. The van der Waals surface area contributed by atoms with Gasteiger partial charge in [-0.3, -0.25) is 14.4 Å². The molecule has 3 aliphatic heterocycles. The molecular formula is C31H49N3O7. The lowest BCUT2D eigenvalue weighted by Gasteiger charge is -2.39. The van der Waals surface area contributed by atoms with Crippen molar-refractivity contribution in [1.82, 2.24) is 10.6 Å². The van der Waals surface area contributed by atoms with Gasteiger partial charge < -0.3 is 35.3 Å². The summed E-state index contributed by atoms with van der Waals surface area (Å²) in [5.74, 6) is -0.399. The molecule has 1 spiro atoms. The second kappa shape index (κ2) is 15.1. The van der Waals surface area contributed by atoms with Crippen molar-refractivity contribution in [2.45, 2.75) is 116 Å². The summed E-state index contributed by atoms with van der Waals surface area (Å²) in [5, 5.41) is 5.85. The largest absolute Gasteiger partial charge is 0.459 e. The summed E-state index contributed by atoms with van der Waals surface area (Å²) < 4.78 is 23.5. The molecule has 41 heavy (non-hydrogen) atoms. The number of epoxide rings is 1. The van der Waals surface area contributed by atoms with Crippen LogP contribution in [0.1, 0.15) is 73.6 Å². The first kappa shape index (κ1) is 33.0. The van der Waals surface area contributed by atoms with Gasteiger partial charge in [0.2, 0.25) is 11.8 Å². The van der Waals surface area contributed by atoms with E-state index in [0.29, 0.717) is 19.5 Å². The van der Waals surface area contributed by atoms with Gasteiger partial charge in [0.25, 0.3) is 0 Å². The zero-order valence-electron chi connectivity index (χ0n) is 25.4. The van der Waals surface area contributed by atoms with E-state index in [1.807, 2.05) is 6.92 Å². The third-order valence-corrected chi connectivity index (χ3v) is 8.00. The lowest BCUT2D eigenvalue weighted by Crippen LogP contribution is -2.50. The van der Waals surface area contributed by atoms with E-state index in [0.717, 1.165) is 43.4 Å². The van der Waals surface area contributed by atoms with Gasteiger partial charge in [-0.25, -0.2) is 0 Å². The zero-order valence-corrected chi connectivity index (χ0v) is 25.4. The SMILES string of the molecule is CC(=O)OC(C)C=CC(=O)NC1CC(C)C(CC=C(C)C=C(C)C2CC3(CO3)CC(CC(=O)NCCN)O2)OC1C. The number of hydrogen-bond donors (Lipinski definition) is 3. The Hall–Kier alpha value is -2.53. The van der Waals surface area contributed by atoms with Crippen LogP contribution in [0.5, 0.6) is 0 Å². The fourth-order valence-electron chi connectivity index (χ4n) is 5.66. The van der Waals surface area contributed by atoms with E-state index in [2.05, 4.69) is 43.6 Å². The molecule has 3 fully saturated rings. The van der Waals surface area contributed by atoms with Crippen molar-refractivity contribution in [1.29, 1.82) is 0 Å². The summed E-state index contributed by atoms with van der Waals surface area (Å²) in [7, 11) is 0. The Kier molecular flexibility index (Phi) is 12.1. The van der Waals surface area contributed by atoms with Gasteiger partial charge in [0.15, 0.2) is 0 Å². The average molecular weight is 576 g/mol. The lowest BCUT2D eigenvalue weighted by molar-refractivity contribution is -0.143.